The van der Waals surface area contributed by atoms with Gasteiger partial charge < -0.3 is 25.8 Å². The predicted molar refractivity (Wildman–Crippen MR) is 164 cm³/mol. The number of allylic oxidation sites excluding steroid dienone is 1. The predicted octanol–water partition coefficient (Wildman–Crippen LogP) is 5.94. The van der Waals surface area contributed by atoms with Gasteiger partial charge in [0.25, 0.3) is 0 Å². The number of nitrogens with one attached hydrogen (secondary N) is 1. The summed E-state index contributed by atoms with van der Waals surface area (Å²) in [7, 11) is 0. The van der Waals surface area contributed by atoms with E-state index in [1.165, 1.54) is 30.2 Å². The van der Waals surface area contributed by atoms with Gasteiger partial charge in [0.15, 0.2) is 0 Å². The minimum Gasteiger partial charge on any atom is -0.478 e. The lowest BCUT2D eigenvalue weighted by atomic mass is 9.68. The van der Waals surface area contributed by atoms with Gasteiger partial charge in [-0.1, -0.05) is 78.9 Å². The topological polar surface area (TPSA) is 105 Å². The number of nitrogens with zero attached hydrogens (tertiary/aromatic N) is 1. The second kappa shape index (κ2) is 13.2. The molecule has 0 saturated carbocycles. The molecule has 5 rings (SSSR count). The summed E-state index contributed by atoms with van der Waals surface area (Å²) in [5, 5.41) is 12.6. The number of carboxylic acids is 1. The molecule has 7 nitrogen and oxygen atoms in total. The Labute approximate surface area is 260 Å². The van der Waals surface area contributed by atoms with Gasteiger partial charge in [-0.2, -0.15) is 13.2 Å². The van der Waals surface area contributed by atoms with Crippen LogP contribution in [0.1, 0.15) is 54.4 Å². The molecule has 236 valence electrons. The number of benzene rings is 3. The fraction of sp³-hybridized carbons (Fsp3) is 0.314. The van der Waals surface area contributed by atoms with Gasteiger partial charge in [0, 0.05) is 17.7 Å². The van der Waals surface area contributed by atoms with Crippen molar-refractivity contribution in [3.05, 3.63) is 130 Å². The molecule has 1 saturated heterocycles. The first-order valence-electron chi connectivity index (χ1n) is 14.9. The van der Waals surface area contributed by atoms with E-state index in [2.05, 4.69) is 58.7 Å². The van der Waals surface area contributed by atoms with E-state index in [4.69, 9.17) is 10.5 Å². The molecule has 2 aliphatic heterocycles. The first-order chi connectivity index (χ1) is 21.5. The number of esters is 1. The number of likely N-dealkylation sites (tertiary alicyclic amines) is 1. The Balaban J connectivity index is 1.26. The number of rotatable bonds is 9. The lowest BCUT2D eigenvalue weighted by molar-refractivity contribution is -0.141. The van der Waals surface area contributed by atoms with Crippen LogP contribution in [0.25, 0.3) is 0 Å². The normalized spacial score (nSPS) is 18.8. The molecule has 3 aromatic rings. The van der Waals surface area contributed by atoms with Crippen LogP contribution in [0, 0.1) is 0 Å². The molecule has 0 radical (unpaired) electrons. The van der Waals surface area contributed by atoms with E-state index < -0.39 is 35.2 Å². The zero-order valence-corrected chi connectivity index (χ0v) is 24.9. The van der Waals surface area contributed by atoms with E-state index in [1.54, 1.807) is 0 Å². The number of carbonyl (C=O) groups excluding carboxylic acids is 1. The number of hydrogen-bond donors (Lipinski definition) is 3. The number of halogens is 3. The van der Waals surface area contributed by atoms with Crippen LogP contribution in [0.15, 0.2) is 108 Å². The first-order valence-corrected chi connectivity index (χ1v) is 14.9. The van der Waals surface area contributed by atoms with Crippen LogP contribution in [0.2, 0.25) is 0 Å². The Morgan fingerprint density at radius 2 is 1.49 bits per heavy atom. The Morgan fingerprint density at radius 1 is 0.933 bits per heavy atom. The zero-order chi connectivity index (χ0) is 32.2. The third-order valence-corrected chi connectivity index (χ3v) is 8.84. The summed E-state index contributed by atoms with van der Waals surface area (Å²) < 4.78 is 47.5. The van der Waals surface area contributed by atoms with Gasteiger partial charge >= 0.3 is 18.1 Å². The van der Waals surface area contributed by atoms with Crippen molar-refractivity contribution in [3.63, 3.8) is 0 Å². The number of dihydropyridines is 1. The number of aliphatic carboxylic acids is 1. The summed E-state index contributed by atoms with van der Waals surface area (Å²) in [5.41, 5.74) is 6.35. The molecule has 1 fully saturated rings. The maximum absolute atomic E-state index is 14.0. The van der Waals surface area contributed by atoms with Crippen LogP contribution in [0.4, 0.5) is 13.2 Å². The highest BCUT2D eigenvalue weighted by atomic mass is 19.4. The van der Waals surface area contributed by atoms with E-state index in [9.17, 15) is 27.9 Å². The van der Waals surface area contributed by atoms with Gasteiger partial charge in [0.05, 0.1) is 29.2 Å². The number of piperidine rings is 1. The first kappa shape index (κ1) is 31.8. The summed E-state index contributed by atoms with van der Waals surface area (Å²) in [6.07, 6.45) is -2.44. The molecule has 4 N–H and O–H groups in total. The number of alkyl halides is 3. The molecule has 0 aromatic heterocycles. The molecule has 2 aliphatic rings. The van der Waals surface area contributed by atoms with Crippen molar-refractivity contribution >= 4 is 11.9 Å². The minimum absolute atomic E-state index is 0.0177. The smallest absolute Gasteiger partial charge is 0.416 e. The third-order valence-electron chi connectivity index (χ3n) is 8.84. The standard InChI is InChI=1S/C35H36F3N3O4/c1-23-28(29(30(32(42)43)31(39)40-23)26-15-8-9-16-27(26)35(36,37)38)33(44)45-22-10-19-41-20-17-34(18-21-41,24-11-4-2-5-12-24)25-13-6-3-7-14-25/h2-9,11-16,29,40H,10,17-22,39H2,1H3,(H,42,43). The van der Waals surface area contributed by atoms with Crippen molar-refractivity contribution in [2.24, 2.45) is 5.73 Å². The highest BCUT2D eigenvalue weighted by Gasteiger charge is 2.43. The van der Waals surface area contributed by atoms with Gasteiger partial charge in [-0.25, -0.2) is 9.59 Å². The van der Waals surface area contributed by atoms with Crippen molar-refractivity contribution in [1.29, 1.82) is 0 Å². The van der Waals surface area contributed by atoms with Crippen molar-refractivity contribution in [1.82, 2.24) is 10.2 Å². The molecule has 45 heavy (non-hydrogen) atoms. The van der Waals surface area contributed by atoms with E-state index >= 15 is 0 Å². The van der Waals surface area contributed by atoms with Crippen molar-refractivity contribution < 1.29 is 32.6 Å². The number of ether oxygens (including phenoxy) is 1. The van der Waals surface area contributed by atoms with Crippen LogP contribution in [0.3, 0.4) is 0 Å². The van der Waals surface area contributed by atoms with Crippen LogP contribution in [-0.2, 0) is 25.9 Å². The summed E-state index contributed by atoms with van der Waals surface area (Å²) in [4.78, 5) is 27.9. The number of hydrogen-bond acceptors (Lipinski definition) is 6. The van der Waals surface area contributed by atoms with Crippen LogP contribution in [-0.4, -0.2) is 48.2 Å². The summed E-state index contributed by atoms with van der Waals surface area (Å²) >= 11 is 0. The monoisotopic (exact) mass is 619 g/mol. The molecular formula is C35H36F3N3O4. The van der Waals surface area contributed by atoms with E-state index in [1.807, 2.05) is 12.1 Å². The van der Waals surface area contributed by atoms with Gasteiger partial charge in [-0.3, -0.25) is 0 Å². The molecular weight excluding hydrogens is 583 g/mol. The van der Waals surface area contributed by atoms with Crippen LogP contribution in [0.5, 0.6) is 0 Å². The Hall–Kier alpha value is -4.57. The van der Waals surface area contributed by atoms with Gasteiger partial charge in [-0.05, 0) is 62.0 Å². The molecule has 1 atom stereocenters. The SMILES string of the molecule is CC1=C(C(=O)OCCCN2CCC(c3ccccc3)(c3ccccc3)CC2)C(c2ccccc2C(F)(F)F)C(C(=O)O)=C(N)N1. The minimum atomic E-state index is -4.78. The number of nitrogens with two attached hydrogens (primary N) is 1. The van der Waals surface area contributed by atoms with Crippen molar-refractivity contribution in [2.75, 3.05) is 26.2 Å². The maximum atomic E-state index is 14.0. The molecule has 2 heterocycles. The van der Waals surface area contributed by atoms with E-state index in [0.717, 1.165) is 38.1 Å². The van der Waals surface area contributed by atoms with E-state index in [-0.39, 0.29) is 34.7 Å². The highest BCUT2D eigenvalue weighted by Crippen LogP contribution is 2.44. The van der Waals surface area contributed by atoms with Crippen LogP contribution >= 0.6 is 0 Å². The molecule has 0 aliphatic carbocycles. The average Bonchev–Trinajstić information content (AvgIpc) is 3.03. The molecule has 10 heteroatoms. The second-order valence-corrected chi connectivity index (χ2v) is 11.5. The van der Waals surface area contributed by atoms with Gasteiger partial charge in [0.2, 0.25) is 0 Å². The highest BCUT2D eigenvalue weighted by molar-refractivity contribution is 5.99. The van der Waals surface area contributed by atoms with E-state index in [0.29, 0.717) is 13.0 Å². The summed E-state index contributed by atoms with van der Waals surface area (Å²) in [6, 6.07) is 25.6. The quantitative estimate of drug-likeness (QED) is 0.201. The lowest BCUT2D eigenvalue weighted by Crippen LogP contribution is -2.43. The van der Waals surface area contributed by atoms with Gasteiger partial charge in [0.1, 0.15) is 5.82 Å². The van der Waals surface area contributed by atoms with Crippen molar-refractivity contribution in [3.8, 4) is 0 Å². The van der Waals surface area contributed by atoms with Gasteiger partial charge in [-0.15, -0.1) is 0 Å². The fourth-order valence-corrected chi connectivity index (χ4v) is 6.63. The lowest BCUT2D eigenvalue weighted by Gasteiger charge is -2.43. The van der Waals surface area contributed by atoms with Crippen molar-refractivity contribution in [2.45, 2.75) is 43.7 Å². The average molecular weight is 620 g/mol. The second-order valence-electron chi connectivity index (χ2n) is 11.5. The zero-order valence-electron chi connectivity index (χ0n) is 24.9. The Morgan fingerprint density at radius 3 is 2.04 bits per heavy atom. The third kappa shape index (κ3) is 6.61. The van der Waals surface area contributed by atoms with Crippen LogP contribution < -0.4 is 11.1 Å². The fourth-order valence-electron chi connectivity index (χ4n) is 6.63. The molecule has 1 unspecified atom stereocenters. The Bertz CT molecular complexity index is 1550. The molecule has 0 spiro atoms. The molecule has 3 aromatic carbocycles. The largest absolute Gasteiger partial charge is 0.478 e. The maximum Gasteiger partial charge on any atom is 0.416 e. The Kier molecular flexibility index (Phi) is 9.34. The number of carbonyl (C=O) groups is 2. The summed E-state index contributed by atoms with van der Waals surface area (Å²) in [5.74, 6) is -4.32. The number of carboxylic acid groups (broad SMARTS) is 1. The molecule has 0 bridgehead atoms. The molecule has 0 amide bonds. The summed E-state index contributed by atoms with van der Waals surface area (Å²) in [6.45, 7) is 3.83.